The number of imide groups is 1. The summed E-state index contributed by atoms with van der Waals surface area (Å²) in [5, 5.41) is 1.95. The number of carbonyl (C=O) groups excluding carboxylic acids is 2. The second-order valence-electron chi connectivity index (χ2n) is 6.02. The van der Waals surface area contributed by atoms with E-state index >= 15 is 0 Å². The predicted molar refractivity (Wildman–Crippen MR) is 94.3 cm³/mol. The highest BCUT2D eigenvalue weighted by Gasteiger charge is 2.28. The molecule has 2 aliphatic rings. The van der Waals surface area contributed by atoms with Gasteiger partial charge in [-0.1, -0.05) is 0 Å². The number of nitrogens with two attached hydrogens (primary N) is 1. The van der Waals surface area contributed by atoms with E-state index in [0.29, 0.717) is 16.6 Å². The fraction of sp³-hybridized carbons (Fsp3) is 0.375. The third-order valence-corrected chi connectivity index (χ3v) is 5.03. The predicted octanol–water partition coefficient (Wildman–Crippen LogP) is 1.73. The Morgan fingerprint density at radius 1 is 1.39 bits per heavy atom. The second kappa shape index (κ2) is 6.25. The molecule has 0 spiro atoms. The maximum Gasteiger partial charge on any atom is 0.290 e. The smallest absolute Gasteiger partial charge is 0.290 e. The van der Waals surface area contributed by atoms with E-state index in [1.165, 1.54) is 0 Å². The minimum Gasteiger partial charge on any atom is -0.399 e. The standard InChI is InChI=1S/C16H20N4O2S/c1-19(2)12-5-6-20(9-12)13-4-3-11(17)7-10(13)8-14-15(21)18-16(22)23-14/h3-4,7-8,12H,5-6,9,17H2,1-2H3,(H,18,21,22). The molecule has 1 aromatic rings. The van der Waals surface area contributed by atoms with Crippen molar-refractivity contribution >= 4 is 40.4 Å². The molecule has 2 fully saturated rings. The first-order valence-corrected chi connectivity index (χ1v) is 8.31. The first-order chi connectivity index (χ1) is 10.9. The molecule has 1 unspecified atom stereocenters. The molecule has 2 aliphatic heterocycles. The van der Waals surface area contributed by atoms with E-state index in [0.717, 1.165) is 42.5 Å². The minimum atomic E-state index is -0.346. The Morgan fingerprint density at radius 2 is 2.17 bits per heavy atom. The molecule has 0 aliphatic carbocycles. The van der Waals surface area contributed by atoms with Gasteiger partial charge in [0.1, 0.15) is 0 Å². The van der Waals surface area contributed by atoms with Crippen LogP contribution in [0.5, 0.6) is 0 Å². The van der Waals surface area contributed by atoms with Crippen molar-refractivity contribution in [1.29, 1.82) is 0 Å². The van der Waals surface area contributed by atoms with Gasteiger partial charge < -0.3 is 15.5 Å². The Balaban J connectivity index is 1.92. The van der Waals surface area contributed by atoms with Gasteiger partial charge >= 0.3 is 0 Å². The SMILES string of the molecule is CN(C)C1CCN(c2ccc(N)cc2C=C2SC(=O)NC2=O)C1. The Labute approximate surface area is 139 Å². The van der Waals surface area contributed by atoms with Crippen molar-refractivity contribution in [3.05, 3.63) is 28.7 Å². The number of thioether (sulfide) groups is 1. The van der Waals surface area contributed by atoms with Crippen LogP contribution < -0.4 is 16.0 Å². The van der Waals surface area contributed by atoms with Gasteiger partial charge in [-0.3, -0.25) is 14.9 Å². The lowest BCUT2D eigenvalue weighted by Crippen LogP contribution is -2.31. The van der Waals surface area contributed by atoms with Crippen LogP contribution in [0.2, 0.25) is 0 Å². The molecule has 3 N–H and O–H groups in total. The first-order valence-electron chi connectivity index (χ1n) is 7.50. The summed E-state index contributed by atoms with van der Waals surface area (Å²) in [4.78, 5) is 28.0. The van der Waals surface area contributed by atoms with Crippen LogP contribution in [0.1, 0.15) is 12.0 Å². The number of nitrogens with one attached hydrogen (secondary N) is 1. The number of nitrogen functional groups attached to an aromatic ring is 1. The van der Waals surface area contributed by atoms with E-state index in [2.05, 4.69) is 29.2 Å². The maximum atomic E-state index is 11.8. The molecule has 3 rings (SSSR count). The average Bonchev–Trinajstić information content (AvgIpc) is 3.07. The van der Waals surface area contributed by atoms with Crippen molar-refractivity contribution in [2.24, 2.45) is 0 Å². The quantitative estimate of drug-likeness (QED) is 0.648. The molecule has 0 saturated carbocycles. The van der Waals surface area contributed by atoms with Gasteiger partial charge in [0.25, 0.3) is 11.1 Å². The Morgan fingerprint density at radius 3 is 2.78 bits per heavy atom. The molecule has 6 nitrogen and oxygen atoms in total. The summed E-state index contributed by atoms with van der Waals surface area (Å²) in [5.74, 6) is -0.346. The van der Waals surface area contributed by atoms with E-state index in [9.17, 15) is 9.59 Å². The lowest BCUT2D eigenvalue weighted by atomic mass is 10.1. The van der Waals surface area contributed by atoms with Gasteiger partial charge in [-0.2, -0.15) is 0 Å². The molecule has 1 aromatic carbocycles. The van der Waals surface area contributed by atoms with Crippen molar-refractivity contribution in [3.8, 4) is 0 Å². The second-order valence-corrected chi connectivity index (χ2v) is 7.04. The van der Waals surface area contributed by atoms with Gasteiger partial charge in [0.15, 0.2) is 0 Å². The van der Waals surface area contributed by atoms with Crippen LogP contribution in [0.15, 0.2) is 23.1 Å². The molecule has 1 atom stereocenters. The van der Waals surface area contributed by atoms with Gasteiger partial charge in [-0.15, -0.1) is 0 Å². The molecule has 122 valence electrons. The van der Waals surface area contributed by atoms with E-state index in [1.54, 1.807) is 6.08 Å². The number of hydrogen-bond donors (Lipinski definition) is 2. The van der Waals surface area contributed by atoms with E-state index in [1.807, 2.05) is 18.2 Å². The zero-order chi connectivity index (χ0) is 16.6. The Kier molecular flexibility index (Phi) is 4.32. The molecule has 2 saturated heterocycles. The Hall–Kier alpha value is -1.99. The van der Waals surface area contributed by atoms with Crippen molar-refractivity contribution in [2.45, 2.75) is 12.5 Å². The summed E-state index contributed by atoms with van der Waals surface area (Å²) in [6.45, 7) is 1.90. The van der Waals surface area contributed by atoms with Crippen LogP contribution in [-0.2, 0) is 4.79 Å². The lowest BCUT2D eigenvalue weighted by molar-refractivity contribution is -0.115. The van der Waals surface area contributed by atoms with Crippen LogP contribution >= 0.6 is 11.8 Å². The first kappa shape index (κ1) is 15.9. The third kappa shape index (κ3) is 3.35. The van der Waals surface area contributed by atoms with Gasteiger partial charge in [-0.25, -0.2) is 0 Å². The molecular formula is C16H20N4O2S. The number of hydrogen-bond acceptors (Lipinski definition) is 6. The highest BCUT2D eigenvalue weighted by molar-refractivity contribution is 8.18. The average molecular weight is 332 g/mol. The van der Waals surface area contributed by atoms with Crippen LogP contribution in [0.4, 0.5) is 16.2 Å². The summed E-state index contributed by atoms with van der Waals surface area (Å²) < 4.78 is 0. The normalized spacial score (nSPS) is 23.2. The zero-order valence-electron chi connectivity index (χ0n) is 13.2. The molecule has 2 heterocycles. The minimum absolute atomic E-state index is 0.333. The zero-order valence-corrected chi connectivity index (χ0v) is 14.0. The van der Waals surface area contributed by atoms with Gasteiger partial charge in [-0.05, 0) is 56.6 Å². The number of benzene rings is 1. The highest BCUT2D eigenvalue weighted by Crippen LogP contribution is 2.32. The number of carbonyl (C=O) groups is 2. The van der Waals surface area contributed by atoms with Crippen molar-refractivity contribution in [3.63, 3.8) is 0 Å². The molecule has 23 heavy (non-hydrogen) atoms. The summed E-state index contributed by atoms with van der Waals surface area (Å²) in [5.41, 5.74) is 8.46. The monoisotopic (exact) mass is 332 g/mol. The van der Waals surface area contributed by atoms with Gasteiger partial charge in [0, 0.05) is 36.1 Å². The lowest BCUT2D eigenvalue weighted by Gasteiger charge is -2.23. The number of amides is 2. The molecule has 2 amide bonds. The topological polar surface area (TPSA) is 78.7 Å². The van der Waals surface area contributed by atoms with E-state index < -0.39 is 0 Å². The summed E-state index contributed by atoms with van der Waals surface area (Å²) >= 11 is 0.925. The van der Waals surface area contributed by atoms with E-state index in [4.69, 9.17) is 5.73 Å². The van der Waals surface area contributed by atoms with Crippen molar-refractivity contribution in [1.82, 2.24) is 10.2 Å². The number of anilines is 2. The third-order valence-electron chi connectivity index (χ3n) is 4.21. The largest absolute Gasteiger partial charge is 0.399 e. The summed E-state index contributed by atoms with van der Waals surface area (Å²) in [6, 6.07) is 6.22. The van der Waals surface area contributed by atoms with Crippen LogP contribution in [0.25, 0.3) is 6.08 Å². The summed E-state index contributed by atoms with van der Waals surface area (Å²) in [7, 11) is 4.18. The van der Waals surface area contributed by atoms with Crippen LogP contribution in [0, 0.1) is 0 Å². The van der Waals surface area contributed by atoms with Crippen molar-refractivity contribution in [2.75, 3.05) is 37.8 Å². The van der Waals surface area contributed by atoms with Gasteiger partial charge in [0.2, 0.25) is 0 Å². The van der Waals surface area contributed by atoms with Crippen molar-refractivity contribution < 1.29 is 9.59 Å². The molecule has 7 heteroatoms. The number of likely N-dealkylation sites (N-methyl/N-ethyl adjacent to an activating group) is 1. The van der Waals surface area contributed by atoms with Crippen LogP contribution in [-0.4, -0.2) is 49.3 Å². The fourth-order valence-electron chi connectivity index (χ4n) is 2.92. The maximum absolute atomic E-state index is 11.8. The van der Waals surface area contributed by atoms with Crippen LogP contribution in [0.3, 0.4) is 0 Å². The Bertz CT molecular complexity index is 687. The number of nitrogens with zero attached hydrogens (tertiary/aromatic N) is 2. The van der Waals surface area contributed by atoms with Gasteiger partial charge in [0.05, 0.1) is 4.91 Å². The van der Waals surface area contributed by atoms with E-state index in [-0.39, 0.29) is 11.1 Å². The molecule has 0 aromatic heterocycles. The molecular weight excluding hydrogens is 312 g/mol. The number of rotatable bonds is 3. The highest BCUT2D eigenvalue weighted by atomic mass is 32.2. The molecule has 0 bridgehead atoms. The summed E-state index contributed by atoms with van der Waals surface area (Å²) in [6.07, 6.45) is 2.85. The molecule has 0 radical (unpaired) electrons. The fourth-order valence-corrected chi connectivity index (χ4v) is 3.59.